The zero-order chi connectivity index (χ0) is 15.8. The summed E-state index contributed by atoms with van der Waals surface area (Å²) >= 11 is 0. The Morgan fingerprint density at radius 2 is 1.14 bits per heavy atom. The van der Waals surface area contributed by atoms with Gasteiger partial charge in [0.25, 0.3) is 0 Å². The van der Waals surface area contributed by atoms with Gasteiger partial charge < -0.3 is 9.47 Å². The van der Waals surface area contributed by atoms with Crippen LogP contribution in [-0.2, 0) is 0 Å². The van der Waals surface area contributed by atoms with E-state index in [1.807, 2.05) is 36.4 Å². The lowest BCUT2D eigenvalue weighted by molar-refractivity contribution is 0.201. The number of likely N-dealkylation sites (N-methyl/N-ethyl adjacent to an activating group) is 1. The van der Waals surface area contributed by atoms with Crippen molar-refractivity contribution in [3.8, 4) is 11.5 Å². The van der Waals surface area contributed by atoms with E-state index in [1.165, 1.54) is 11.1 Å². The fourth-order valence-corrected chi connectivity index (χ4v) is 2.17. The fourth-order valence-electron chi connectivity index (χ4n) is 2.17. The molecule has 0 N–H and O–H groups in total. The minimum absolute atomic E-state index is 0.686. The molecule has 0 amide bonds. The monoisotopic (exact) mass is 299 g/mol. The molecule has 0 unspecified atom stereocenters. The first kappa shape index (κ1) is 16.4. The Balaban J connectivity index is 1.65. The van der Waals surface area contributed by atoms with Crippen molar-refractivity contribution in [2.24, 2.45) is 0 Å². The van der Waals surface area contributed by atoms with Crippen LogP contribution in [0.15, 0.2) is 48.5 Å². The van der Waals surface area contributed by atoms with Crippen LogP contribution < -0.4 is 9.47 Å². The molecule has 3 heteroatoms. The first-order chi connectivity index (χ1) is 10.7. The summed E-state index contributed by atoms with van der Waals surface area (Å²) in [4.78, 5) is 2.22. The highest BCUT2D eigenvalue weighted by Crippen LogP contribution is 2.16. The highest BCUT2D eigenvalue weighted by molar-refractivity contribution is 5.32. The lowest BCUT2D eigenvalue weighted by Crippen LogP contribution is -2.28. The standard InChI is InChI=1S/C19H25NO2/c1-16-8-4-6-10-18(16)21-14-12-20(3)13-15-22-19-11-7-5-9-17(19)2/h4-11H,12-15H2,1-3H3. The Labute approximate surface area is 133 Å². The van der Waals surface area contributed by atoms with Crippen LogP contribution in [0.5, 0.6) is 11.5 Å². The average Bonchev–Trinajstić information content (AvgIpc) is 2.51. The van der Waals surface area contributed by atoms with Crippen LogP contribution in [0, 0.1) is 13.8 Å². The molecule has 0 saturated carbocycles. The van der Waals surface area contributed by atoms with Gasteiger partial charge in [-0.3, -0.25) is 4.90 Å². The van der Waals surface area contributed by atoms with Gasteiger partial charge in [0.15, 0.2) is 0 Å². The highest BCUT2D eigenvalue weighted by Gasteiger charge is 2.02. The quantitative estimate of drug-likeness (QED) is 0.742. The summed E-state index contributed by atoms with van der Waals surface area (Å²) in [7, 11) is 2.09. The predicted molar refractivity (Wildman–Crippen MR) is 90.8 cm³/mol. The van der Waals surface area contributed by atoms with Crippen molar-refractivity contribution >= 4 is 0 Å². The molecule has 0 radical (unpaired) electrons. The third kappa shape index (κ3) is 5.08. The minimum Gasteiger partial charge on any atom is -0.492 e. The van der Waals surface area contributed by atoms with E-state index in [1.54, 1.807) is 0 Å². The Morgan fingerprint density at radius 3 is 1.55 bits per heavy atom. The van der Waals surface area contributed by atoms with Gasteiger partial charge in [0.2, 0.25) is 0 Å². The molecule has 0 heterocycles. The van der Waals surface area contributed by atoms with E-state index in [-0.39, 0.29) is 0 Å². The van der Waals surface area contributed by atoms with Crippen molar-refractivity contribution in [1.29, 1.82) is 0 Å². The number of benzene rings is 2. The van der Waals surface area contributed by atoms with Crippen LogP contribution in [0.25, 0.3) is 0 Å². The van der Waals surface area contributed by atoms with E-state index in [0.29, 0.717) is 13.2 Å². The maximum Gasteiger partial charge on any atom is 0.122 e. The first-order valence-electron chi connectivity index (χ1n) is 7.72. The molecule has 2 aromatic carbocycles. The second-order valence-corrected chi connectivity index (χ2v) is 5.53. The van der Waals surface area contributed by atoms with Gasteiger partial charge in [-0.1, -0.05) is 36.4 Å². The molecule has 2 rings (SSSR count). The topological polar surface area (TPSA) is 21.7 Å². The van der Waals surface area contributed by atoms with Crippen LogP contribution in [0.2, 0.25) is 0 Å². The average molecular weight is 299 g/mol. The maximum absolute atomic E-state index is 5.81. The SMILES string of the molecule is Cc1ccccc1OCCN(C)CCOc1ccccc1C. The molecule has 3 nitrogen and oxygen atoms in total. The molecule has 0 atom stereocenters. The summed E-state index contributed by atoms with van der Waals surface area (Å²) in [5, 5.41) is 0. The molecule has 0 aliphatic rings. The highest BCUT2D eigenvalue weighted by atomic mass is 16.5. The number of nitrogens with zero attached hydrogens (tertiary/aromatic N) is 1. The third-order valence-corrected chi connectivity index (χ3v) is 3.65. The molecule has 118 valence electrons. The molecule has 2 aromatic rings. The number of para-hydroxylation sites is 2. The van der Waals surface area contributed by atoms with E-state index < -0.39 is 0 Å². The van der Waals surface area contributed by atoms with Crippen molar-refractivity contribution in [2.45, 2.75) is 13.8 Å². The Bertz CT molecular complexity index is 532. The first-order valence-corrected chi connectivity index (χ1v) is 7.72. The molecular weight excluding hydrogens is 274 g/mol. The second-order valence-electron chi connectivity index (χ2n) is 5.53. The fraction of sp³-hybridized carbons (Fsp3) is 0.368. The van der Waals surface area contributed by atoms with Gasteiger partial charge in [-0.25, -0.2) is 0 Å². The second kappa shape index (κ2) is 8.44. The zero-order valence-electron chi connectivity index (χ0n) is 13.7. The minimum atomic E-state index is 0.686. The van der Waals surface area contributed by atoms with E-state index in [0.717, 1.165) is 24.6 Å². The van der Waals surface area contributed by atoms with Gasteiger partial charge in [0.1, 0.15) is 24.7 Å². The van der Waals surface area contributed by atoms with Gasteiger partial charge in [0.05, 0.1) is 0 Å². The maximum atomic E-state index is 5.81. The number of aryl methyl sites for hydroxylation is 2. The van der Waals surface area contributed by atoms with Gasteiger partial charge in [-0.2, -0.15) is 0 Å². The molecule has 0 spiro atoms. The normalized spacial score (nSPS) is 10.7. The predicted octanol–water partition coefficient (Wildman–Crippen LogP) is 3.69. The smallest absolute Gasteiger partial charge is 0.122 e. The van der Waals surface area contributed by atoms with E-state index in [9.17, 15) is 0 Å². The van der Waals surface area contributed by atoms with Crippen LogP contribution >= 0.6 is 0 Å². The van der Waals surface area contributed by atoms with Crippen molar-refractivity contribution < 1.29 is 9.47 Å². The van der Waals surface area contributed by atoms with E-state index >= 15 is 0 Å². The summed E-state index contributed by atoms with van der Waals surface area (Å²) in [6.45, 7) is 7.26. The van der Waals surface area contributed by atoms with Gasteiger partial charge in [0, 0.05) is 13.1 Å². The van der Waals surface area contributed by atoms with Crippen molar-refractivity contribution in [1.82, 2.24) is 4.90 Å². The molecule has 0 bridgehead atoms. The number of hydrogen-bond acceptors (Lipinski definition) is 3. The molecule has 0 fully saturated rings. The van der Waals surface area contributed by atoms with Crippen molar-refractivity contribution in [3.05, 3.63) is 59.7 Å². The van der Waals surface area contributed by atoms with Crippen LogP contribution in [0.3, 0.4) is 0 Å². The van der Waals surface area contributed by atoms with Gasteiger partial charge in [-0.05, 0) is 44.2 Å². The molecule has 22 heavy (non-hydrogen) atoms. The number of hydrogen-bond donors (Lipinski definition) is 0. The largest absolute Gasteiger partial charge is 0.492 e. The summed E-state index contributed by atoms with van der Waals surface area (Å²) in [6, 6.07) is 16.2. The van der Waals surface area contributed by atoms with Crippen LogP contribution in [0.4, 0.5) is 0 Å². The van der Waals surface area contributed by atoms with Crippen molar-refractivity contribution in [3.63, 3.8) is 0 Å². The van der Waals surface area contributed by atoms with Crippen LogP contribution in [0.1, 0.15) is 11.1 Å². The molecule has 0 saturated heterocycles. The van der Waals surface area contributed by atoms with Crippen LogP contribution in [-0.4, -0.2) is 38.3 Å². The molecule has 0 aliphatic heterocycles. The summed E-state index contributed by atoms with van der Waals surface area (Å²) in [5.41, 5.74) is 2.35. The lowest BCUT2D eigenvalue weighted by atomic mass is 10.2. The molecular formula is C19H25NO2. The third-order valence-electron chi connectivity index (χ3n) is 3.65. The summed E-state index contributed by atoms with van der Waals surface area (Å²) in [5.74, 6) is 1.93. The van der Waals surface area contributed by atoms with Gasteiger partial charge in [-0.15, -0.1) is 0 Å². The summed E-state index contributed by atoms with van der Waals surface area (Å²) in [6.07, 6.45) is 0. The number of rotatable bonds is 8. The Morgan fingerprint density at radius 1 is 0.727 bits per heavy atom. The van der Waals surface area contributed by atoms with E-state index in [2.05, 4.69) is 37.9 Å². The Kier molecular flexibility index (Phi) is 6.28. The molecule has 0 aromatic heterocycles. The lowest BCUT2D eigenvalue weighted by Gasteiger charge is -2.18. The van der Waals surface area contributed by atoms with E-state index in [4.69, 9.17) is 9.47 Å². The summed E-state index contributed by atoms with van der Waals surface area (Å²) < 4.78 is 11.6. The molecule has 0 aliphatic carbocycles. The van der Waals surface area contributed by atoms with Gasteiger partial charge >= 0.3 is 0 Å². The zero-order valence-corrected chi connectivity index (χ0v) is 13.7. The Hall–Kier alpha value is -2.00. The number of ether oxygens (including phenoxy) is 2. The van der Waals surface area contributed by atoms with Crippen molar-refractivity contribution in [2.75, 3.05) is 33.4 Å².